The van der Waals surface area contributed by atoms with Gasteiger partial charge in [-0.25, -0.2) is 0 Å². The second-order valence-electron chi connectivity index (χ2n) is 19.0. The topological polar surface area (TPSA) is 59.0 Å². The highest BCUT2D eigenvalue weighted by Gasteiger charge is 2.25. The quantitative estimate of drug-likeness (QED) is 0.159. The van der Waals surface area contributed by atoms with Crippen molar-refractivity contribution >= 4 is 143 Å². The first-order valence-corrected chi connectivity index (χ1v) is 24.2. The third-order valence-electron chi connectivity index (χ3n) is 14.5. The Morgan fingerprint density at radius 3 is 1.32 bits per heavy atom. The molecular weight excluding hydrogens is 873 g/mol. The number of benzene rings is 11. The number of nitrogens with zero attached hydrogens (tertiary/aromatic N) is 2. The SMILES string of the molecule is CC(C)c1c2oc3cc4cc(N(c5ccccc5)c5cccc6c5oc5ccccc56)ccc4cc3c2cc2oc3cc4cc(N(c5ccccc5)c5cccc6c5oc5ccccc56)ccc4cc3c12. The number of para-hydroxylation sites is 6. The van der Waals surface area contributed by atoms with Gasteiger partial charge < -0.3 is 27.5 Å². The lowest BCUT2D eigenvalue weighted by atomic mass is 9.93. The van der Waals surface area contributed by atoms with Crippen LogP contribution in [0.4, 0.5) is 34.1 Å². The highest BCUT2D eigenvalue weighted by Crippen LogP contribution is 2.48. The third-order valence-corrected chi connectivity index (χ3v) is 14.5. The zero-order chi connectivity index (χ0) is 46.9. The molecule has 4 aromatic heterocycles. The minimum atomic E-state index is 0.155. The molecule has 0 bridgehead atoms. The van der Waals surface area contributed by atoms with E-state index < -0.39 is 0 Å². The molecule has 0 aliphatic rings. The molecule has 0 saturated heterocycles. The van der Waals surface area contributed by atoms with Crippen molar-refractivity contribution in [3.05, 3.63) is 218 Å². The van der Waals surface area contributed by atoms with Gasteiger partial charge in [-0.3, -0.25) is 0 Å². The van der Waals surface area contributed by atoms with Crippen molar-refractivity contribution < 1.29 is 17.7 Å². The van der Waals surface area contributed by atoms with Gasteiger partial charge in [0.15, 0.2) is 11.2 Å². The van der Waals surface area contributed by atoms with Gasteiger partial charge in [-0.05, 0) is 131 Å². The van der Waals surface area contributed by atoms with Crippen molar-refractivity contribution in [2.75, 3.05) is 9.80 Å². The maximum atomic E-state index is 7.02. The lowest BCUT2D eigenvalue weighted by Gasteiger charge is -2.25. The summed E-state index contributed by atoms with van der Waals surface area (Å²) in [6, 6.07) is 74.8. The lowest BCUT2D eigenvalue weighted by molar-refractivity contribution is 0.655. The molecule has 11 aromatic carbocycles. The summed E-state index contributed by atoms with van der Waals surface area (Å²) >= 11 is 0. The van der Waals surface area contributed by atoms with Gasteiger partial charge in [0.1, 0.15) is 33.5 Å². The minimum absolute atomic E-state index is 0.155. The van der Waals surface area contributed by atoms with Gasteiger partial charge in [0.2, 0.25) is 0 Å². The second kappa shape index (κ2) is 15.1. The zero-order valence-corrected chi connectivity index (χ0v) is 38.8. The fourth-order valence-corrected chi connectivity index (χ4v) is 11.3. The van der Waals surface area contributed by atoms with Crippen molar-refractivity contribution in [2.24, 2.45) is 0 Å². The molecule has 6 heteroatoms. The molecule has 71 heavy (non-hydrogen) atoms. The van der Waals surface area contributed by atoms with Crippen molar-refractivity contribution in [3.63, 3.8) is 0 Å². The molecule has 0 saturated carbocycles. The van der Waals surface area contributed by atoms with Gasteiger partial charge >= 0.3 is 0 Å². The van der Waals surface area contributed by atoms with Crippen LogP contribution >= 0.6 is 0 Å². The summed E-state index contributed by atoms with van der Waals surface area (Å²) in [6.45, 7) is 4.50. The summed E-state index contributed by atoms with van der Waals surface area (Å²) in [5, 5.41) is 13.1. The van der Waals surface area contributed by atoms with E-state index in [1.165, 1.54) is 0 Å². The van der Waals surface area contributed by atoms with Crippen molar-refractivity contribution in [3.8, 4) is 0 Å². The van der Waals surface area contributed by atoms with Gasteiger partial charge in [-0.1, -0.05) is 123 Å². The Hall–Kier alpha value is -9.26. The predicted molar refractivity (Wildman–Crippen MR) is 294 cm³/mol. The number of hydrogen-bond acceptors (Lipinski definition) is 6. The average Bonchev–Trinajstić information content (AvgIpc) is 4.18. The van der Waals surface area contributed by atoms with Crippen molar-refractivity contribution in [2.45, 2.75) is 19.8 Å². The van der Waals surface area contributed by atoms with E-state index in [-0.39, 0.29) is 5.92 Å². The van der Waals surface area contributed by atoms with Crippen LogP contribution < -0.4 is 9.80 Å². The molecule has 336 valence electrons. The second-order valence-corrected chi connectivity index (χ2v) is 19.0. The van der Waals surface area contributed by atoms with E-state index in [1.54, 1.807) is 0 Å². The molecule has 0 radical (unpaired) electrons. The first-order valence-electron chi connectivity index (χ1n) is 24.2. The molecule has 0 atom stereocenters. The molecule has 0 spiro atoms. The molecule has 0 unspecified atom stereocenters. The summed E-state index contributed by atoms with van der Waals surface area (Å²) in [5.41, 5.74) is 14.1. The van der Waals surface area contributed by atoms with Gasteiger partial charge in [0.25, 0.3) is 0 Å². The minimum Gasteiger partial charge on any atom is -0.456 e. The van der Waals surface area contributed by atoms with Gasteiger partial charge in [-0.15, -0.1) is 0 Å². The maximum absolute atomic E-state index is 7.02. The van der Waals surface area contributed by atoms with Crippen molar-refractivity contribution in [1.29, 1.82) is 0 Å². The molecule has 0 fully saturated rings. The Balaban J connectivity index is 0.868. The largest absolute Gasteiger partial charge is 0.456 e. The third kappa shape index (κ3) is 6.01. The summed E-state index contributed by atoms with van der Waals surface area (Å²) in [5.74, 6) is 0.155. The Bertz CT molecular complexity index is 4460. The van der Waals surface area contributed by atoms with Crippen LogP contribution in [0.15, 0.2) is 230 Å². The number of rotatable bonds is 7. The van der Waals surface area contributed by atoms with E-state index in [4.69, 9.17) is 17.7 Å². The molecule has 0 amide bonds. The van der Waals surface area contributed by atoms with Gasteiger partial charge in [-0.2, -0.15) is 0 Å². The number of hydrogen-bond donors (Lipinski definition) is 0. The molecule has 15 aromatic rings. The molecular formula is C65H42N2O4. The van der Waals surface area contributed by atoms with Crippen LogP contribution in [0.3, 0.4) is 0 Å². The van der Waals surface area contributed by atoms with Crippen LogP contribution in [0.5, 0.6) is 0 Å². The van der Waals surface area contributed by atoms with E-state index >= 15 is 0 Å². The smallest absolute Gasteiger partial charge is 0.159 e. The number of fused-ring (bicyclic) bond motifs is 14. The highest BCUT2D eigenvalue weighted by molar-refractivity contribution is 6.21. The van der Waals surface area contributed by atoms with Crippen molar-refractivity contribution in [1.82, 2.24) is 0 Å². The number of anilines is 6. The first kappa shape index (κ1) is 39.7. The summed E-state index contributed by atoms with van der Waals surface area (Å²) < 4.78 is 27.1. The molecule has 4 heterocycles. The van der Waals surface area contributed by atoms with Crippen LogP contribution in [0, 0.1) is 0 Å². The highest BCUT2D eigenvalue weighted by atomic mass is 16.3. The van der Waals surface area contributed by atoms with Crippen LogP contribution in [0.1, 0.15) is 25.3 Å². The lowest BCUT2D eigenvalue weighted by Crippen LogP contribution is -2.10. The average molecular weight is 915 g/mol. The van der Waals surface area contributed by atoms with E-state index in [2.05, 4.69) is 212 Å². The predicted octanol–water partition coefficient (Wildman–Crippen LogP) is 19.7. The van der Waals surface area contributed by atoms with Crippen LogP contribution in [0.25, 0.3) is 109 Å². The molecule has 6 nitrogen and oxygen atoms in total. The van der Waals surface area contributed by atoms with Gasteiger partial charge in [0.05, 0.1) is 11.4 Å². The van der Waals surface area contributed by atoms with Gasteiger partial charge in [0, 0.05) is 71.4 Å². The van der Waals surface area contributed by atoms with E-state index in [0.717, 1.165) is 149 Å². The van der Waals surface area contributed by atoms with Crippen LogP contribution in [-0.2, 0) is 0 Å². The van der Waals surface area contributed by atoms with E-state index in [0.29, 0.717) is 0 Å². The summed E-state index contributed by atoms with van der Waals surface area (Å²) in [7, 11) is 0. The standard InChI is InChI=1S/C65H42N2O4/c1-38(2)61-62-53-34-40-28-30-46(67(44-17-7-4-8-18-44)55-24-14-22-50-48-20-10-12-26-57(48)70-64(50)55)32-42(40)36-59(53)68-60(62)37-52-51-33-39-27-29-45(31-41(39)35-58(51)71-65(52)61)66(43-15-5-3-6-16-43)54-23-13-21-49-47-19-9-11-25-56(47)69-63(49)54/h3-38H,1-2H3. The normalized spacial score (nSPS) is 12.2. The molecule has 0 aliphatic carbocycles. The first-order chi connectivity index (χ1) is 35.0. The Kier molecular flexibility index (Phi) is 8.46. The Morgan fingerprint density at radius 2 is 0.775 bits per heavy atom. The fraction of sp³-hybridized carbons (Fsp3) is 0.0462. The summed E-state index contributed by atoms with van der Waals surface area (Å²) in [6.07, 6.45) is 0. The van der Waals surface area contributed by atoms with E-state index in [1.807, 2.05) is 24.3 Å². The molecule has 0 aliphatic heterocycles. The number of furan rings is 4. The fourth-order valence-electron chi connectivity index (χ4n) is 11.3. The maximum Gasteiger partial charge on any atom is 0.159 e. The molecule has 0 N–H and O–H groups in total. The zero-order valence-electron chi connectivity index (χ0n) is 38.8. The Labute approximate surface area is 406 Å². The Morgan fingerprint density at radius 1 is 0.296 bits per heavy atom. The van der Waals surface area contributed by atoms with Crippen LogP contribution in [0.2, 0.25) is 0 Å². The van der Waals surface area contributed by atoms with E-state index in [9.17, 15) is 0 Å². The molecule has 15 rings (SSSR count). The monoisotopic (exact) mass is 914 g/mol. The summed E-state index contributed by atoms with van der Waals surface area (Å²) in [4.78, 5) is 4.57. The van der Waals surface area contributed by atoms with Crippen LogP contribution in [-0.4, -0.2) is 0 Å².